The van der Waals surface area contributed by atoms with Gasteiger partial charge in [-0.3, -0.25) is 0 Å². The van der Waals surface area contributed by atoms with Crippen LogP contribution < -0.4 is 0 Å². The monoisotopic (exact) mass is 260 g/mol. The number of carboxylic acids is 1. The van der Waals surface area contributed by atoms with Gasteiger partial charge in [-0.1, -0.05) is 0 Å². The van der Waals surface area contributed by atoms with Crippen LogP contribution in [0.3, 0.4) is 0 Å². The van der Waals surface area contributed by atoms with Crippen molar-refractivity contribution >= 4 is 17.1 Å². The fourth-order valence-electron chi connectivity index (χ4n) is 2.48. The van der Waals surface area contributed by atoms with E-state index in [2.05, 4.69) is 9.88 Å². The smallest absolute Gasteiger partial charge is 0.335 e. The largest absolute Gasteiger partial charge is 0.478 e. The number of benzene rings is 1. The Hall–Kier alpha value is -1.88. The summed E-state index contributed by atoms with van der Waals surface area (Å²) in [6, 6.07) is 4.77. The summed E-state index contributed by atoms with van der Waals surface area (Å²) in [6.45, 7) is 3.27. The molecule has 1 fully saturated rings. The number of aromatic nitrogens is 1. The van der Waals surface area contributed by atoms with Crippen molar-refractivity contribution in [3.63, 3.8) is 0 Å². The van der Waals surface area contributed by atoms with Gasteiger partial charge < -0.3 is 14.4 Å². The molecule has 1 saturated heterocycles. The summed E-state index contributed by atoms with van der Waals surface area (Å²) in [4.78, 5) is 17.6. The van der Waals surface area contributed by atoms with Crippen molar-refractivity contribution in [2.45, 2.75) is 19.3 Å². The first kappa shape index (κ1) is 12.2. The number of oxazole rings is 1. The molecule has 0 unspecified atom stereocenters. The van der Waals surface area contributed by atoms with Crippen molar-refractivity contribution < 1.29 is 14.3 Å². The van der Waals surface area contributed by atoms with Gasteiger partial charge in [0.15, 0.2) is 11.5 Å². The van der Waals surface area contributed by atoms with Crippen LogP contribution >= 0.6 is 0 Å². The van der Waals surface area contributed by atoms with E-state index in [1.807, 2.05) is 0 Å². The third-order valence-electron chi connectivity index (χ3n) is 3.52. The summed E-state index contributed by atoms with van der Waals surface area (Å²) in [5.41, 5.74) is 1.52. The molecule has 1 aliphatic heterocycles. The molecule has 0 saturated carbocycles. The molecule has 2 heterocycles. The van der Waals surface area contributed by atoms with Crippen LogP contribution in [0.2, 0.25) is 0 Å². The average Bonchev–Trinajstić information content (AvgIpc) is 3.04. The molecule has 100 valence electrons. The molecule has 1 N–H and O–H groups in total. The zero-order chi connectivity index (χ0) is 13.2. The lowest BCUT2D eigenvalue weighted by Gasteiger charge is -2.12. The molecule has 5 heteroatoms. The van der Waals surface area contributed by atoms with E-state index in [-0.39, 0.29) is 5.56 Å². The maximum absolute atomic E-state index is 10.9. The van der Waals surface area contributed by atoms with Crippen LogP contribution in [-0.2, 0) is 6.42 Å². The molecule has 1 aromatic heterocycles. The van der Waals surface area contributed by atoms with Gasteiger partial charge in [0.25, 0.3) is 0 Å². The second-order valence-electron chi connectivity index (χ2n) is 4.89. The molecule has 0 bridgehead atoms. The molecule has 19 heavy (non-hydrogen) atoms. The predicted molar refractivity (Wildman–Crippen MR) is 70.3 cm³/mol. The van der Waals surface area contributed by atoms with Crippen molar-refractivity contribution in [2.24, 2.45) is 0 Å². The molecule has 0 radical (unpaired) electrons. The SMILES string of the molecule is O=C(O)c1ccc2oc(CCN3CCCC3)nc2c1. The van der Waals surface area contributed by atoms with Gasteiger partial charge in [0, 0.05) is 13.0 Å². The Morgan fingerprint density at radius 2 is 2.16 bits per heavy atom. The van der Waals surface area contributed by atoms with Gasteiger partial charge in [0.05, 0.1) is 5.56 Å². The second kappa shape index (κ2) is 5.01. The molecule has 5 nitrogen and oxygen atoms in total. The number of nitrogens with zero attached hydrogens (tertiary/aromatic N) is 2. The Labute approximate surface area is 110 Å². The molecule has 3 rings (SSSR count). The third-order valence-corrected chi connectivity index (χ3v) is 3.52. The fourth-order valence-corrected chi connectivity index (χ4v) is 2.48. The highest BCUT2D eigenvalue weighted by Crippen LogP contribution is 2.18. The van der Waals surface area contributed by atoms with E-state index >= 15 is 0 Å². The Morgan fingerprint density at radius 1 is 1.37 bits per heavy atom. The zero-order valence-electron chi connectivity index (χ0n) is 10.6. The molecule has 2 aromatic rings. The first-order valence-corrected chi connectivity index (χ1v) is 6.57. The van der Waals surface area contributed by atoms with E-state index < -0.39 is 5.97 Å². The lowest BCUT2D eigenvalue weighted by molar-refractivity contribution is 0.0697. The van der Waals surface area contributed by atoms with Crippen LogP contribution in [-0.4, -0.2) is 40.6 Å². The standard InChI is InChI=1S/C14H16N2O3/c17-14(18)10-3-4-12-11(9-10)15-13(19-12)5-8-16-6-1-2-7-16/h3-4,9H,1-2,5-8H2,(H,17,18). The number of hydrogen-bond acceptors (Lipinski definition) is 4. The Balaban J connectivity index is 1.75. The van der Waals surface area contributed by atoms with Crippen LogP contribution in [0.15, 0.2) is 22.6 Å². The zero-order valence-corrected chi connectivity index (χ0v) is 10.6. The second-order valence-corrected chi connectivity index (χ2v) is 4.89. The number of aromatic carboxylic acids is 1. The molecule has 0 aliphatic carbocycles. The van der Waals surface area contributed by atoms with Gasteiger partial charge in [-0.2, -0.15) is 0 Å². The predicted octanol–water partition coefficient (Wildman–Crippen LogP) is 2.16. The highest BCUT2D eigenvalue weighted by atomic mass is 16.4. The van der Waals surface area contributed by atoms with Gasteiger partial charge >= 0.3 is 5.97 Å². The molecule has 1 aromatic carbocycles. The highest BCUT2D eigenvalue weighted by Gasteiger charge is 2.14. The van der Waals surface area contributed by atoms with Gasteiger partial charge in [-0.15, -0.1) is 0 Å². The van der Waals surface area contributed by atoms with Crippen LogP contribution in [0, 0.1) is 0 Å². The van der Waals surface area contributed by atoms with E-state index in [4.69, 9.17) is 9.52 Å². The minimum Gasteiger partial charge on any atom is -0.478 e. The quantitative estimate of drug-likeness (QED) is 0.912. The molecule has 0 spiro atoms. The number of hydrogen-bond donors (Lipinski definition) is 1. The number of carbonyl (C=O) groups is 1. The summed E-state index contributed by atoms with van der Waals surface area (Å²) < 4.78 is 5.63. The molecular weight excluding hydrogens is 244 g/mol. The number of fused-ring (bicyclic) bond motifs is 1. The third kappa shape index (κ3) is 2.61. The van der Waals surface area contributed by atoms with Crippen LogP contribution in [0.25, 0.3) is 11.1 Å². The van der Waals surface area contributed by atoms with E-state index in [9.17, 15) is 4.79 Å². The lowest BCUT2D eigenvalue weighted by Crippen LogP contribution is -2.21. The van der Waals surface area contributed by atoms with Crippen molar-refractivity contribution in [3.8, 4) is 0 Å². The Bertz CT molecular complexity index is 600. The minimum atomic E-state index is -0.941. The average molecular weight is 260 g/mol. The van der Waals surface area contributed by atoms with Crippen LogP contribution in [0.4, 0.5) is 0 Å². The summed E-state index contributed by atoms with van der Waals surface area (Å²) >= 11 is 0. The maximum Gasteiger partial charge on any atom is 0.335 e. The van der Waals surface area contributed by atoms with Crippen molar-refractivity contribution in [1.82, 2.24) is 9.88 Å². The summed E-state index contributed by atoms with van der Waals surface area (Å²) in [5, 5.41) is 8.93. The Kier molecular flexibility index (Phi) is 3.21. The number of carboxylic acid groups (broad SMARTS) is 1. The van der Waals surface area contributed by atoms with Crippen LogP contribution in [0.5, 0.6) is 0 Å². The van der Waals surface area contributed by atoms with Crippen LogP contribution in [0.1, 0.15) is 29.1 Å². The molecule has 0 atom stereocenters. The van der Waals surface area contributed by atoms with E-state index in [0.717, 1.165) is 26.1 Å². The van der Waals surface area contributed by atoms with Gasteiger partial charge in [-0.25, -0.2) is 9.78 Å². The van der Waals surface area contributed by atoms with Crippen molar-refractivity contribution in [1.29, 1.82) is 0 Å². The van der Waals surface area contributed by atoms with Crippen molar-refractivity contribution in [2.75, 3.05) is 19.6 Å². The summed E-state index contributed by atoms with van der Waals surface area (Å²) in [5.74, 6) is -0.257. The van der Waals surface area contributed by atoms with E-state index in [0.29, 0.717) is 17.0 Å². The minimum absolute atomic E-state index is 0.242. The van der Waals surface area contributed by atoms with Gasteiger partial charge in [0.1, 0.15) is 5.52 Å². The Morgan fingerprint density at radius 3 is 2.89 bits per heavy atom. The maximum atomic E-state index is 10.9. The molecule has 0 amide bonds. The first-order chi connectivity index (χ1) is 9.22. The van der Waals surface area contributed by atoms with Gasteiger partial charge in [-0.05, 0) is 44.1 Å². The fraction of sp³-hybridized carbons (Fsp3) is 0.429. The topological polar surface area (TPSA) is 66.6 Å². The number of rotatable bonds is 4. The highest BCUT2D eigenvalue weighted by molar-refractivity contribution is 5.91. The molecule has 1 aliphatic rings. The van der Waals surface area contributed by atoms with Gasteiger partial charge in [0.2, 0.25) is 0 Å². The lowest BCUT2D eigenvalue weighted by atomic mass is 10.2. The van der Waals surface area contributed by atoms with E-state index in [1.165, 1.54) is 12.8 Å². The summed E-state index contributed by atoms with van der Waals surface area (Å²) in [6.07, 6.45) is 3.32. The first-order valence-electron chi connectivity index (χ1n) is 6.57. The normalized spacial score (nSPS) is 16.2. The molecular formula is C14H16N2O3. The van der Waals surface area contributed by atoms with Crippen molar-refractivity contribution in [3.05, 3.63) is 29.7 Å². The summed E-state index contributed by atoms with van der Waals surface area (Å²) in [7, 11) is 0. The van der Waals surface area contributed by atoms with E-state index in [1.54, 1.807) is 18.2 Å². The number of likely N-dealkylation sites (tertiary alicyclic amines) is 1.